The quantitative estimate of drug-likeness (QED) is 0.528. The van der Waals surface area contributed by atoms with Crippen molar-refractivity contribution in [3.8, 4) is 0 Å². The van der Waals surface area contributed by atoms with Crippen LogP contribution in [0.2, 0.25) is 0 Å². The maximum absolute atomic E-state index is 8.46. The summed E-state index contributed by atoms with van der Waals surface area (Å²) in [5, 5.41) is 11.9. The molecule has 86 valence electrons. The zero-order chi connectivity index (χ0) is 10.6. The van der Waals surface area contributed by atoms with Crippen molar-refractivity contribution in [1.29, 1.82) is 0 Å². The van der Waals surface area contributed by atoms with Gasteiger partial charge in [0.25, 0.3) is 0 Å². The lowest BCUT2D eigenvalue weighted by atomic mass is 10.1. The van der Waals surface area contributed by atoms with E-state index < -0.39 is 0 Å². The van der Waals surface area contributed by atoms with Gasteiger partial charge in [-0.2, -0.15) is 0 Å². The van der Waals surface area contributed by atoms with Crippen LogP contribution in [0.4, 0.5) is 0 Å². The van der Waals surface area contributed by atoms with Crippen molar-refractivity contribution >= 4 is 0 Å². The summed E-state index contributed by atoms with van der Waals surface area (Å²) in [6, 6.07) is 0. The van der Waals surface area contributed by atoms with Gasteiger partial charge in [0.05, 0.1) is 13.2 Å². The Morgan fingerprint density at radius 3 is 2.79 bits per heavy atom. The largest absolute Gasteiger partial charge is 0.394 e. The van der Waals surface area contributed by atoms with Crippen molar-refractivity contribution in [2.45, 2.75) is 33.1 Å². The third kappa shape index (κ3) is 9.96. The molecule has 3 nitrogen and oxygen atoms in total. The minimum absolute atomic E-state index is 0.126. The third-order valence-corrected chi connectivity index (χ3v) is 2.15. The predicted octanol–water partition coefficient (Wildman–Crippen LogP) is 1.41. The highest BCUT2D eigenvalue weighted by Crippen LogP contribution is 2.02. The molecule has 0 aromatic carbocycles. The van der Waals surface area contributed by atoms with E-state index in [1.54, 1.807) is 0 Å². The van der Waals surface area contributed by atoms with Crippen molar-refractivity contribution in [2.24, 2.45) is 5.92 Å². The molecular weight excluding hydrogens is 178 g/mol. The van der Waals surface area contributed by atoms with Gasteiger partial charge in [-0.05, 0) is 31.8 Å². The Kier molecular flexibility index (Phi) is 10.9. The van der Waals surface area contributed by atoms with E-state index >= 15 is 0 Å². The summed E-state index contributed by atoms with van der Waals surface area (Å²) >= 11 is 0. The second kappa shape index (κ2) is 11.0. The van der Waals surface area contributed by atoms with Crippen LogP contribution in [0.15, 0.2) is 0 Å². The van der Waals surface area contributed by atoms with Gasteiger partial charge in [0.15, 0.2) is 0 Å². The van der Waals surface area contributed by atoms with Crippen LogP contribution >= 0.6 is 0 Å². The Hall–Kier alpha value is -0.120. The molecule has 0 radical (unpaired) electrons. The molecule has 1 atom stereocenters. The molecule has 0 bridgehead atoms. The fourth-order valence-electron chi connectivity index (χ4n) is 1.41. The summed E-state index contributed by atoms with van der Waals surface area (Å²) in [6.07, 6.45) is 3.59. The summed E-state index contributed by atoms with van der Waals surface area (Å²) < 4.78 is 5.15. The number of hydrogen-bond donors (Lipinski definition) is 2. The van der Waals surface area contributed by atoms with Gasteiger partial charge in [-0.1, -0.05) is 20.3 Å². The van der Waals surface area contributed by atoms with Crippen LogP contribution in [0, 0.1) is 5.92 Å². The van der Waals surface area contributed by atoms with Crippen molar-refractivity contribution in [3.63, 3.8) is 0 Å². The van der Waals surface area contributed by atoms with E-state index in [9.17, 15) is 0 Å². The van der Waals surface area contributed by atoms with Gasteiger partial charge in [-0.25, -0.2) is 0 Å². The van der Waals surface area contributed by atoms with E-state index in [-0.39, 0.29) is 6.61 Å². The number of aliphatic hydroxyl groups is 1. The third-order valence-electron chi connectivity index (χ3n) is 2.15. The molecule has 0 aliphatic heterocycles. The molecule has 0 rings (SSSR count). The fourth-order valence-corrected chi connectivity index (χ4v) is 1.41. The van der Waals surface area contributed by atoms with Crippen LogP contribution in [0.5, 0.6) is 0 Å². The Morgan fingerprint density at radius 1 is 1.36 bits per heavy atom. The Balaban J connectivity index is 2.98. The standard InChI is InChI=1S/C11H25NO2/c1-3-5-11(2)10-12-6-4-8-14-9-7-13/h11-13H,3-10H2,1-2H3. The summed E-state index contributed by atoms with van der Waals surface area (Å²) in [4.78, 5) is 0. The molecule has 0 aromatic heterocycles. The van der Waals surface area contributed by atoms with Crippen LogP contribution in [0.3, 0.4) is 0 Å². The van der Waals surface area contributed by atoms with Crippen molar-refractivity contribution < 1.29 is 9.84 Å². The summed E-state index contributed by atoms with van der Waals surface area (Å²) in [5.74, 6) is 0.776. The van der Waals surface area contributed by atoms with Gasteiger partial charge in [0.1, 0.15) is 0 Å². The Bertz CT molecular complexity index is 109. The maximum atomic E-state index is 8.46. The zero-order valence-electron chi connectivity index (χ0n) is 9.59. The molecule has 1 unspecified atom stereocenters. The zero-order valence-corrected chi connectivity index (χ0v) is 9.59. The van der Waals surface area contributed by atoms with Crippen molar-refractivity contribution in [3.05, 3.63) is 0 Å². The minimum Gasteiger partial charge on any atom is -0.394 e. The molecule has 0 aromatic rings. The topological polar surface area (TPSA) is 41.5 Å². The normalized spacial score (nSPS) is 13.1. The highest BCUT2D eigenvalue weighted by molar-refractivity contribution is 4.56. The Morgan fingerprint density at radius 2 is 2.14 bits per heavy atom. The number of ether oxygens (including phenoxy) is 1. The molecule has 0 aliphatic carbocycles. The van der Waals surface area contributed by atoms with Crippen molar-refractivity contribution in [1.82, 2.24) is 5.32 Å². The smallest absolute Gasteiger partial charge is 0.0697 e. The lowest BCUT2D eigenvalue weighted by Crippen LogP contribution is -2.23. The molecule has 0 spiro atoms. The molecular formula is C11H25NO2. The van der Waals surface area contributed by atoms with Gasteiger partial charge < -0.3 is 15.2 Å². The predicted molar refractivity (Wildman–Crippen MR) is 59.5 cm³/mol. The molecule has 0 aliphatic rings. The first kappa shape index (κ1) is 13.9. The molecule has 0 saturated carbocycles. The number of rotatable bonds is 10. The van der Waals surface area contributed by atoms with E-state index in [0.717, 1.165) is 32.0 Å². The molecule has 0 heterocycles. The molecule has 3 heteroatoms. The SMILES string of the molecule is CCCC(C)CNCCCOCCO. The van der Waals surface area contributed by atoms with Gasteiger partial charge in [-0.15, -0.1) is 0 Å². The summed E-state index contributed by atoms with van der Waals surface area (Å²) in [6.45, 7) is 7.95. The average molecular weight is 203 g/mol. The molecule has 2 N–H and O–H groups in total. The average Bonchev–Trinajstić information content (AvgIpc) is 2.17. The number of hydrogen-bond acceptors (Lipinski definition) is 3. The molecule has 0 fully saturated rings. The van der Waals surface area contributed by atoms with E-state index in [0.29, 0.717) is 6.61 Å². The first-order valence-electron chi connectivity index (χ1n) is 5.70. The first-order valence-corrected chi connectivity index (χ1v) is 5.70. The summed E-state index contributed by atoms with van der Waals surface area (Å²) in [5.41, 5.74) is 0. The van der Waals surface area contributed by atoms with E-state index in [2.05, 4.69) is 19.2 Å². The fraction of sp³-hybridized carbons (Fsp3) is 1.00. The van der Waals surface area contributed by atoms with Gasteiger partial charge >= 0.3 is 0 Å². The van der Waals surface area contributed by atoms with Crippen LogP contribution in [-0.4, -0.2) is 38.0 Å². The van der Waals surface area contributed by atoms with Crippen LogP contribution in [-0.2, 0) is 4.74 Å². The monoisotopic (exact) mass is 203 g/mol. The first-order chi connectivity index (χ1) is 6.81. The molecule has 14 heavy (non-hydrogen) atoms. The second-order valence-corrected chi connectivity index (χ2v) is 3.79. The Labute approximate surface area is 87.8 Å². The lowest BCUT2D eigenvalue weighted by Gasteiger charge is -2.11. The maximum Gasteiger partial charge on any atom is 0.0697 e. The number of nitrogens with one attached hydrogen (secondary N) is 1. The lowest BCUT2D eigenvalue weighted by molar-refractivity contribution is 0.0906. The number of aliphatic hydroxyl groups excluding tert-OH is 1. The molecule has 0 saturated heterocycles. The van der Waals surface area contributed by atoms with E-state index in [1.165, 1.54) is 12.8 Å². The van der Waals surface area contributed by atoms with Gasteiger partial charge in [-0.3, -0.25) is 0 Å². The van der Waals surface area contributed by atoms with Crippen LogP contribution < -0.4 is 5.32 Å². The minimum atomic E-state index is 0.126. The van der Waals surface area contributed by atoms with Gasteiger partial charge in [0.2, 0.25) is 0 Å². The molecule has 0 amide bonds. The van der Waals surface area contributed by atoms with Crippen LogP contribution in [0.25, 0.3) is 0 Å². The summed E-state index contributed by atoms with van der Waals surface area (Å²) in [7, 11) is 0. The second-order valence-electron chi connectivity index (χ2n) is 3.79. The van der Waals surface area contributed by atoms with Crippen molar-refractivity contribution in [2.75, 3.05) is 32.9 Å². The van der Waals surface area contributed by atoms with Gasteiger partial charge in [0, 0.05) is 6.61 Å². The van der Waals surface area contributed by atoms with Crippen LogP contribution in [0.1, 0.15) is 33.1 Å². The van der Waals surface area contributed by atoms with E-state index in [1.807, 2.05) is 0 Å². The van der Waals surface area contributed by atoms with E-state index in [4.69, 9.17) is 9.84 Å². The highest BCUT2D eigenvalue weighted by atomic mass is 16.5. The highest BCUT2D eigenvalue weighted by Gasteiger charge is 1.98.